The number of carbonyl (C=O) groups excluding carboxylic acids is 3. The summed E-state index contributed by atoms with van der Waals surface area (Å²) in [6.07, 6.45) is 1.44. The molecule has 10 heteroatoms. The van der Waals surface area contributed by atoms with Gasteiger partial charge in [-0.05, 0) is 48.4 Å². The minimum absolute atomic E-state index is 0.113. The molecule has 10 nitrogen and oxygen atoms in total. The lowest BCUT2D eigenvalue weighted by atomic mass is 10.0. The Bertz CT molecular complexity index is 1120. The zero-order valence-corrected chi connectivity index (χ0v) is 21.7. The Morgan fingerprint density at radius 1 is 0.974 bits per heavy atom. The predicted octanol–water partition coefficient (Wildman–Crippen LogP) is 1.21. The van der Waals surface area contributed by atoms with E-state index in [1.54, 1.807) is 26.0 Å². The maximum absolute atomic E-state index is 13.4. The number of benzene rings is 2. The highest BCUT2D eigenvalue weighted by Crippen LogP contribution is 2.20. The van der Waals surface area contributed by atoms with Crippen molar-refractivity contribution in [3.63, 3.8) is 0 Å². The van der Waals surface area contributed by atoms with Crippen LogP contribution in [0.15, 0.2) is 54.6 Å². The van der Waals surface area contributed by atoms with Crippen LogP contribution in [-0.4, -0.2) is 69.5 Å². The van der Waals surface area contributed by atoms with E-state index in [2.05, 4.69) is 10.6 Å². The predicted molar refractivity (Wildman–Crippen MR) is 141 cm³/mol. The Hall–Kier alpha value is -3.92. The fourth-order valence-electron chi connectivity index (χ4n) is 4.58. The molecule has 0 saturated carbocycles. The lowest BCUT2D eigenvalue weighted by Crippen LogP contribution is -2.57. The van der Waals surface area contributed by atoms with Crippen LogP contribution in [0.1, 0.15) is 37.8 Å². The van der Waals surface area contributed by atoms with Crippen LogP contribution in [0.25, 0.3) is 0 Å². The van der Waals surface area contributed by atoms with Crippen molar-refractivity contribution in [3.8, 4) is 5.75 Å². The maximum atomic E-state index is 13.4. The van der Waals surface area contributed by atoms with E-state index in [4.69, 9.17) is 5.73 Å². The molecule has 0 spiro atoms. The van der Waals surface area contributed by atoms with Gasteiger partial charge < -0.3 is 31.5 Å². The summed E-state index contributed by atoms with van der Waals surface area (Å²) in [6.45, 7) is 3.74. The van der Waals surface area contributed by atoms with Gasteiger partial charge in [-0.15, -0.1) is 0 Å². The molecular weight excluding hydrogens is 488 g/mol. The van der Waals surface area contributed by atoms with E-state index >= 15 is 0 Å². The fraction of sp³-hybridized carbons (Fsp3) is 0.429. The lowest BCUT2D eigenvalue weighted by Gasteiger charge is -2.29. The van der Waals surface area contributed by atoms with Crippen LogP contribution in [0, 0.1) is 5.92 Å². The van der Waals surface area contributed by atoms with E-state index in [1.807, 2.05) is 30.3 Å². The van der Waals surface area contributed by atoms with Crippen LogP contribution in [0.4, 0.5) is 0 Å². The number of rotatable bonds is 11. The van der Waals surface area contributed by atoms with Gasteiger partial charge in [0.05, 0.1) is 6.04 Å². The van der Waals surface area contributed by atoms with Crippen LogP contribution in [0.5, 0.6) is 5.75 Å². The second-order valence-corrected chi connectivity index (χ2v) is 9.99. The van der Waals surface area contributed by atoms with E-state index in [1.165, 1.54) is 17.0 Å². The monoisotopic (exact) mass is 524 g/mol. The Balaban J connectivity index is 1.72. The van der Waals surface area contributed by atoms with Crippen LogP contribution in [-0.2, 0) is 32.0 Å². The molecule has 1 heterocycles. The maximum Gasteiger partial charge on any atom is 0.326 e. The van der Waals surface area contributed by atoms with Crippen molar-refractivity contribution >= 4 is 23.7 Å². The normalized spacial score (nSPS) is 17.5. The summed E-state index contributed by atoms with van der Waals surface area (Å²) in [7, 11) is 0. The summed E-state index contributed by atoms with van der Waals surface area (Å²) in [5.41, 5.74) is 7.76. The topological polar surface area (TPSA) is 162 Å². The van der Waals surface area contributed by atoms with Gasteiger partial charge in [0.25, 0.3) is 0 Å². The number of phenolic OH excluding ortho intramolecular Hbond substituents is 1. The molecule has 1 fully saturated rings. The number of nitrogens with zero attached hydrogens (tertiary/aromatic N) is 1. The first-order valence-corrected chi connectivity index (χ1v) is 12.8. The average molecular weight is 525 g/mol. The number of nitrogens with two attached hydrogens (primary N) is 1. The number of aromatic hydroxyl groups is 1. The van der Waals surface area contributed by atoms with Gasteiger partial charge in [-0.3, -0.25) is 14.4 Å². The molecule has 1 aliphatic rings. The molecule has 3 rings (SSSR count). The molecular formula is C28H36N4O6. The van der Waals surface area contributed by atoms with E-state index in [9.17, 15) is 29.4 Å². The highest BCUT2D eigenvalue weighted by molar-refractivity contribution is 5.94. The molecule has 2 aromatic carbocycles. The summed E-state index contributed by atoms with van der Waals surface area (Å²) in [4.78, 5) is 52.8. The molecule has 0 unspecified atom stereocenters. The van der Waals surface area contributed by atoms with Gasteiger partial charge in [0.1, 0.15) is 23.9 Å². The van der Waals surface area contributed by atoms with Gasteiger partial charge in [-0.2, -0.15) is 0 Å². The molecule has 1 aliphatic heterocycles. The number of aliphatic carboxylic acids is 1. The summed E-state index contributed by atoms with van der Waals surface area (Å²) < 4.78 is 0. The number of carbonyl (C=O) groups is 4. The smallest absolute Gasteiger partial charge is 0.326 e. The summed E-state index contributed by atoms with van der Waals surface area (Å²) in [5, 5.41) is 24.3. The third kappa shape index (κ3) is 7.55. The Kier molecular flexibility index (Phi) is 9.84. The molecule has 0 aliphatic carbocycles. The number of hydrogen-bond acceptors (Lipinski definition) is 6. The zero-order valence-electron chi connectivity index (χ0n) is 21.7. The number of amides is 3. The number of phenols is 1. The van der Waals surface area contributed by atoms with Crippen molar-refractivity contribution in [2.75, 3.05) is 6.54 Å². The van der Waals surface area contributed by atoms with Gasteiger partial charge >= 0.3 is 5.97 Å². The third-order valence-electron chi connectivity index (χ3n) is 6.69. The van der Waals surface area contributed by atoms with E-state index < -0.39 is 42.0 Å². The molecule has 38 heavy (non-hydrogen) atoms. The van der Waals surface area contributed by atoms with Crippen molar-refractivity contribution in [2.24, 2.45) is 11.7 Å². The molecule has 6 N–H and O–H groups in total. The number of carboxylic acids is 1. The van der Waals surface area contributed by atoms with Crippen molar-refractivity contribution in [3.05, 3.63) is 65.7 Å². The molecule has 204 valence electrons. The number of likely N-dealkylation sites (tertiary alicyclic amines) is 1. The number of nitrogens with one attached hydrogen (secondary N) is 2. The molecule has 0 aromatic heterocycles. The highest BCUT2D eigenvalue weighted by atomic mass is 16.4. The first kappa shape index (κ1) is 28.6. The fourth-order valence-corrected chi connectivity index (χ4v) is 4.58. The molecule has 1 saturated heterocycles. The quantitative estimate of drug-likeness (QED) is 0.295. The van der Waals surface area contributed by atoms with Crippen LogP contribution in [0.3, 0.4) is 0 Å². The molecule has 2 aromatic rings. The number of carboxylic acid groups (broad SMARTS) is 1. The number of hydrogen-bond donors (Lipinski definition) is 5. The third-order valence-corrected chi connectivity index (χ3v) is 6.69. The van der Waals surface area contributed by atoms with Crippen molar-refractivity contribution in [2.45, 2.75) is 63.7 Å². The molecule has 3 amide bonds. The van der Waals surface area contributed by atoms with Gasteiger partial charge in [0.2, 0.25) is 17.7 Å². The second-order valence-electron chi connectivity index (χ2n) is 9.99. The van der Waals surface area contributed by atoms with Gasteiger partial charge in [-0.1, -0.05) is 56.3 Å². The minimum Gasteiger partial charge on any atom is -0.508 e. The van der Waals surface area contributed by atoms with Crippen molar-refractivity contribution in [1.29, 1.82) is 0 Å². The SMILES string of the molecule is CC(C)[C@H](NC(=O)[C@H](Cc1ccccc1)NC(=O)[C@@H]1CCCN1C(=O)[C@@H](N)Cc1ccc(O)cc1)C(=O)O. The summed E-state index contributed by atoms with van der Waals surface area (Å²) >= 11 is 0. The van der Waals surface area contributed by atoms with Gasteiger partial charge in [-0.25, -0.2) is 4.79 Å². The summed E-state index contributed by atoms with van der Waals surface area (Å²) in [5.74, 6) is -2.87. The molecule has 4 atom stereocenters. The minimum atomic E-state index is -1.16. The Morgan fingerprint density at radius 3 is 2.21 bits per heavy atom. The molecule has 0 radical (unpaired) electrons. The van der Waals surface area contributed by atoms with Crippen molar-refractivity contribution in [1.82, 2.24) is 15.5 Å². The van der Waals surface area contributed by atoms with Gasteiger partial charge in [0.15, 0.2) is 0 Å². The first-order valence-electron chi connectivity index (χ1n) is 12.8. The van der Waals surface area contributed by atoms with Crippen LogP contribution >= 0.6 is 0 Å². The standard InChI is InChI=1S/C28H36N4O6/c1-17(2)24(28(37)38)31-25(34)22(16-18-7-4-3-5-8-18)30-26(35)23-9-6-14-32(23)27(36)21(29)15-19-10-12-20(33)13-11-19/h3-5,7-8,10-13,17,21-24,33H,6,9,14-16,29H2,1-2H3,(H,30,35)(H,31,34)(H,37,38)/t21-,22-,23-,24-/m0/s1. The van der Waals surface area contributed by atoms with Crippen LogP contribution in [0.2, 0.25) is 0 Å². The highest BCUT2D eigenvalue weighted by Gasteiger charge is 2.38. The first-order chi connectivity index (χ1) is 18.1. The van der Waals surface area contributed by atoms with Gasteiger partial charge in [0, 0.05) is 13.0 Å². The van der Waals surface area contributed by atoms with E-state index in [0.717, 1.165) is 11.1 Å². The molecule has 0 bridgehead atoms. The van der Waals surface area contributed by atoms with Crippen molar-refractivity contribution < 1.29 is 29.4 Å². The average Bonchev–Trinajstić information content (AvgIpc) is 3.38. The van der Waals surface area contributed by atoms with E-state index in [0.29, 0.717) is 19.4 Å². The van der Waals surface area contributed by atoms with E-state index in [-0.39, 0.29) is 30.4 Å². The lowest BCUT2D eigenvalue weighted by molar-refractivity contribution is -0.144. The second kappa shape index (κ2) is 13.0. The zero-order chi connectivity index (χ0) is 27.8. The Labute approximate surface area is 222 Å². The Morgan fingerprint density at radius 2 is 1.61 bits per heavy atom. The van der Waals surface area contributed by atoms with Crippen LogP contribution < -0.4 is 16.4 Å². The largest absolute Gasteiger partial charge is 0.508 e. The summed E-state index contributed by atoms with van der Waals surface area (Å²) in [6, 6.07) is 11.7.